The van der Waals surface area contributed by atoms with Gasteiger partial charge in [-0.2, -0.15) is 0 Å². The third kappa shape index (κ3) is 4.32. The van der Waals surface area contributed by atoms with E-state index in [1.807, 2.05) is 58.9 Å². The summed E-state index contributed by atoms with van der Waals surface area (Å²) in [7, 11) is -4.80. The van der Waals surface area contributed by atoms with Gasteiger partial charge in [-0.15, -0.1) is 0 Å². The second-order valence-electron chi connectivity index (χ2n) is 9.94. The maximum absolute atomic E-state index is 13.2. The SMILES string of the molecule is Cc1cc(O)c(C(C)C)cc1[C@@]1(c2cc(C(C)C)c(OP(=O)(O)O)cc2C)OC(=O)c2ccccc21. The first-order valence-corrected chi connectivity index (χ1v) is 13.4. The summed E-state index contributed by atoms with van der Waals surface area (Å²) in [6.45, 7) is 11.4. The van der Waals surface area contributed by atoms with Gasteiger partial charge in [-0.25, -0.2) is 9.36 Å². The molecule has 0 saturated carbocycles. The van der Waals surface area contributed by atoms with Gasteiger partial charge in [0.1, 0.15) is 11.5 Å². The lowest BCUT2D eigenvalue weighted by molar-refractivity contribution is 0.0247. The van der Waals surface area contributed by atoms with E-state index in [2.05, 4.69) is 0 Å². The number of ether oxygens (including phenoxy) is 1. The van der Waals surface area contributed by atoms with Crippen molar-refractivity contribution < 1.29 is 33.5 Å². The number of phenols is 1. The van der Waals surface area contributed by atoms with Gasteiger partial charge in [0.25, 0.3) is 0 Å². The standard InChI is InChI=1S/C28H31O7P/c1-15(2)20-13-23(17(5)11-25(20)29)28(22-10-8-7-9-19(22)27(30)34-28)24-14-21(16(3)4)26(12-18(24)6)35-36(31,32)33/h7-16,29H,1-6H3,(H2,31,32,33)/t28-/m0/s1. The quantitative estimate of drug-likeness (QED) is 0.268. The molecular weight excluding hydrogens is 479 g/mol. The van der Waals surface area contributed by atoms with Gasteiger partial charge in [0.15, 0.2) is 5.60 Å². The average Bonchev–Trinajstić information content (AvgIpc) is 3.05. The summed E-state index contributed by atoms with van der Waals surface area (Å²) < 4.78 is 23.0. The zero-order valence-electron chi connectivity index (χ0n) is 21.2. The van der Waals surface area contributed by atoms with Gasteiger partial charge in [-0.3, -0.25) is 9.79 Å². The van der Waals surface area contributed by atoms with Crippen LogP contribution in [-0.2, 0) is 14.9 Å². The lowest BCUT2D eigenvalue weighted by Gasteiger charge is -2.34. The number of hydrogen-bond donors (Lipinski definition) is 3. The largest absolute Gasteiger partial charge is 0.524 e. The van der Waals surface area contributed by atoms with Crippen LogP contribution in [0.2, 0.25) is 0 Å². The fourth-order valence-electron chi connectivity index (χ4n) is 5.05. The third-order valence-corrected chi connectivity index (χ3v) is 7.16. The summed E-state index contributed by atoms with van der Waals surface area (Å²) in [5.41, 5.74) is 3.81. The molecule has 0 saturated heterocycles. The van der Waals surface area contributed by atoms with Crippen LogP contribution in [0.5, 0.6) is 11.5 Å². The Labute approximate surface area is 211 Å². The average molecular weight is 511 g/mol. The summed E-state index contributed by atoms with van der Waals surface area (Å²) in [4.78, 5) is 32.2. The lowest BCUT2D eigenvalue weighted by Crippen LogP contribution is -2.32. The number of cyclic esters (lactones) is 1. The van der Waals surface area contributed by atoms with Gasteiger partial charge in [0.2, 0.25) is 0 Å². The highest BCUT2D eigenvalue weighted by molar-refractivity contribution is 7.46. The number of phosphoric ester groups is 1. The van der Waals surface area contributed by atoms with Gasteiger partial charge < -0.3 is 14.4 Å². The van der Waals surface area contributed by atoms with Crippen LogP contribution in [0, 0.1) is 13.8 Å². The predicted octanol–water partition coefficient (Wildman–Crippen LogP) is 6.19. The molecule has 3 N–H and O–H groups in total. The molecule has 3 aromatic rings. The fourth-order valence-corrected chi connectivity index (χ4v) is 5.46. The Bertz CT molecular complexity index is 1400. The monoisotopic (exact) mass is 510 g/mol. The second kappa shape index (κ2) is 9.07. The number of carbonyl (C=O) groups is 1. The van der Waals surface area contributed by atoms with Crippen molar-refractivity contribution in [3.05, 3.63) is 93.0 Å². The van der Waals surface area contributed by atoms with Crippen LogP contribution in [-0.4, -0.2) is 20.9 Å². The molecular formula is C28H31O7P. The lowest BCUT2D eigenvalue weighted by atomic mass is 9.74. The summed E-state index contributed by atoms with van der Waals surface area (Å²) in [5, 5.41) is 10.6. The van der Waals surface area contributed by atoms with Crippen LogP contribution >= 0.6 is 7.82 Å². The summed E-state index contributed by atoms with van der Waals surface area (Å²) in [5.74, 6) is -0.352. The number of aromatic hydroxyl groups is 1. The third-order valence-electron chi connectivity index (χ3n) is 6.72. The molecule has 8 heteroatoms. The predicted molar refractivity (Wildman–Crippen MR) is 137 cm³/mol. The van der Waals surface area contributed by atoms with Crippen molar-refractivity contribution in [2.24, 2.45) is 0 Å². The van der Waals surface area contributed by atoms with Crippen molar-refractivity contribution in [2.45, 2.75) is 59.0 Å². The van der Waals surface area contributed by atoms with E-state index in [9.17, 15) is 24.3 Å². The maximum atomic E-state index is 13.2. The van der Waals surface area contributed by atoms with E-state index in [4.69, 9.17) is 9.26 Å². The van der Waals surface area contributed by atoms with Gasteiger partial charge in [0.05, 0.1) is 5.56 Å². The first kappa shape index (κ1) is 26.0. The zero-order valence-corrected chi connectivity index (χ0v) is 22.1. The van der Waals surface area contributed by atoms with Crippen molar-refractivity contribution >= 4 is 13.8 Å². The molecule has 0 aromatic heterocycles. The number of rotatable bonds is 6. The van der Waals surface area contributed by atoms with E-state index in [-0.39, 0.29) is 23.3 Å². The highest BCUT2D eigenvalue weighted by Crippen LogP contribution is 2.52. The Morgan fingerprint density at radius 2 is 1.42 bits per heavy atom. The number of carbonyl (C=O) groups excluding carboxylic acids is 1. The normalized spacial score (nSPS) is 17.4. The molecule has 0 aliphatic carbocycles. The van der Waals surface area contributed by atoms with Crippen molar-refractivity contribution in [1.82, 2.24) is 0 Å². The number of benzene rings is 3. The smallest absolute Gasteiger partial charge is 0.508 e. The van der Waals surface area contributed by atoms with Gasteiger partial charge in [0, 0.05) is 16.7 Å². The molecule has 36 heavy (non-hydrogen) atoms. The van der Waals surface area contributed by atoms with Crippen LogP contribution in [0.1, 0.15) is 88.8 Å². The molecule has 0 amide bonds. The Hall–Kier alpha value is -3.12. The highest BCUT2D eigenvalue weighted by atomic mass is 31.2. The van der Waals surface area contributed by atoms with Crippen LogP contribution < -0.4 is 4.52 Å². The number of fused-ring (bicyclic) bond motifs is 1. The minimum atomic E-state index is -4.80. The van der Waals surface area contributed by atoms with Crippen LogP contribution in [0.25, 0.3) is 0 Å². The van der Waals surface area contributed by atoms with Crippen molar-refractivity contribution in [3.63, 3.8) is 0 Å². The second-order valence-corrected chi connectivity index (χ2v) is 11.1. The number of phosphoric acid groups is 1. The fraction of sp³-hybridized carbons (Fsp3) is 0.321. The van der Waals surface area contributed by atoms with Crippen LogP contribution in [0.4, 0.5) is 0 Å². The first-order valence-electron chi connectivity index (χ1n) is 11.8. The summed E-state index contributed by atoms with van der Waals surface area (Å²) >= 11 is 0. The first-order chi connectivity index (χ1) is 16.8. The van der Waals surface area contributed by atoms with E-state index in [1.165, 1.54) is 0 Å². The van der Waals surface area contributed by atoms with Gasteiger partial charge in [-0.05, 0) is 78.3 Å². The van der Waals surface area contributed by atoms with E-state index in [1.54, 1.807) is 31.2 Å². The summed E-state index contributed by atoms with van der Waals surface area (Å²) in [6.07, 6.45) is 0. The molecule has 1 aliphatic rings. The Kier molecular flexibility index (Phi) is 6.54. The number of hydrogen-bond acceptors (Lipinski definition) is 5. The molecule has 0 radical (unpaired) electrons. The van der Waals surface area contributed by atoms with E-state index in [0.29, 0.717) is 33.4 Å². The Morgan fingerprint density at radius 1 is 0.861 bits per heavy atom. The van der Waals surface area contributed by atoms with Gasteiger partial charge in [-0.1, -0.05) is 45.9 Å². The molecule has 190 valence electrons. The van der Waals surface area contributed by atoms with Crippen LogP contribution in [0.3, 0.4) is 0 Å². The minimum Gasteiger partial charge on any atom is -0.508 e. The van der Waals surface area contributed by atoms with Gasteiger partial charge >= 0.3 is 13.8 Å². The molecule has 0 spiro atoms. The Morgan fingerprint density at radius 3 is 2.00 bits per heavy atom. The molecule has 1 atom stereocenters. The number of aryl methyl sites for hydroxylation is 2. The number of esters is 1. The Balaban J connectivity index is 2.12. The minimum absolute atomic E-state index is 0.0140. The van der Waals surface area contributed by atoms with Crippen molar-refractivity contribution in [3.8, 4) is 11.5 Å². The summed E-state index contributed by atoms with van der Waals surface area (Å²) in [6, 6.07) is 14.2. The molecule has 3 aromatic carbocycles. The molecule has 1 heterocycles. The van der Waals surface area contributed by atoms with E-state index < -0.39 is 19.4 Å². The molecule has 0 unspecified atom stereocenters. The zero-order chi connectivity index (χ0) is 26.6. The topological polar surface area (TPSA) is 113 Å². The maximum Gasteiger partial charge on any atom is 0.524 e. The van der Waals surface area contributed by atoms with Crippen LogP contribution in [0.15, 0.2) is 48.5 Å². The number of phenolic OH excluding ortho intramolecular Hbond substituents is 1. The van der Waals surface area contributed by atoms with E-state index >= 15 is 0 Å². The highest BCUT2D eigenvalue weighted by Gasteiger charge is 2.50. The molecule has 0 fully saturated rings. The van der Waals surface area contributed by atoms with Crippen molar-refractivity contribution in [2.75, 3.05) is 0 Å². The molecule has 4 rings (SSSR count). The van der Waals surface area contributed by atoms with Crippen molar-refractivity contribution in [1.29, 1.82) is 0 Å². The molecule has 1 aliphatic heterocycles. The van der Waals surface area contributed by atoms with E-state index in [0.717, 1.165) is 11.1 Å². The molecule has 0 bridgehead atoms. The molecule has 7 nitrogen and oxygen atoms in total.